The standard InChI is InChI=1S/C25H23Cl2N3O4/c1-15-5-4-6-21(16(15)2)29-24(31)25(32)30-28-13-18-11-20(27)23(22(12-18)33-3)34-14-17-7-9-19(26)10-8-17/h4-13H,14H2,1-3H3,(H,29,31)(H,30,32)/b28-13-. The maximum absolute atomic E-state index is 12.2. The van der Waals surface area contributed by atoms with Crippen LogP contribution in [0.1, 0.15) is 22.3 Å². The quantitative estimate of drug-likeness (QED) is 0.262. The Morgan fingerprint density at radius 2 is 1.76 bits per heavy atom. The van der Waals surface area contributed by atoms with Gasteiger partial charge >= 0.3 is 11.8 Å². The van der Waals surface area contributed by atoms with Crippen LogP contribution < -0.4 is 20.2 Å². The molecule has 0 unspecified atom stereocenters. The van der Waals surface area contributed by atoms with Crippen molar-refractivity contribution in [2.75, 3.05) is 12.4 Å². The molecule has 0 radical (unpaired) electrons. The number of carbonyl (C=O) groups excluding carboxylic acids is 2. The van der Waals surface area contributed by atoms with Crippen LogP contribution in [0.4, 0.5) is 5.69 Å². The van der Waals surface area contributed by atoms with Crippen LogP contribution in [0.15, 0.2) is 59.7 Å². The SMILES string of the molecule is COc1cc(/C=N\NC(=O)C(=O)Nc2cccc(C)c2C)cc(Cl)c1OCc1ccc(Cl)cc1. The highest BCUT2D eigenvalue weighted by atomic mass is 35.5. The van der Waals surface area contributed by atoms with Crippen LogP contribution in [0, 0.1) is 13.8 Å². The summed E-state index contributed by atoms with van der Waals surface area (Å²) in [5, 5.41) is 7.35. The first-order valence-corrected chi connectivity index (χ1v) is 11.0. The molecule has 34 heavy (non-hydrogen) atoms. The number of rotatable bonds is 7. The normalized spacial score (nSPS) is 10.7. The van der Waals surface area contributed by atoms with Gasteiger partial charge in [-0.05, 0) is 66.4 Å². The van der Waals surface area contributed by atoms with E-state index >= 15 is 0 Å². The van der Waals surface area contributed by atoms with Gasteiger partial charge in [-0.25, -0.2) is 5.43 Å². The molecule has 3 rings (SSSR count). The number of carbonyl (C=O) groups is 2. The smallest absolute Gasteiger partial charge is 0.329 e. The van der Waals surface area contributed by atoms with E-state index in [9.17, 15) is 9.59 Å². The van der Waals surface area contributed by atoms with E-state index < -0.39 is 11.8 Å². The van der Waals surface area contributed by atoms with Gasteiger partial charge in [0, 0.05) is 10.7 Å². The third-order valence-corrected chi connectivity index (χ3v) is 5.52. The lowest BCUT2D eigenvalue weighted by atomic mass is 10.1. The molecule has 0 aliphatic carbocycles. The molecule has 0 aromatic heterocycles. The van der Waals surface area contributed by atoms with Crippen molar-refractivity contribution in [2.24, 2.45) is 5.10 Å². The van der Waals surface area contributed by atoms with Gasteiger partial charge in [0.05, 0.1) is 18.3 Å². The van der Waals surface area contributed by atoms with Crippen molar-refractivity contribution in [1.82, 2.24) is 5.43 Å². The van der Waals surface area contributed by atoms with E-state index in [-0.39, 0.29) is 6.61 Å². The van der Waals surface area contributed by atoms with Crippen molar-refractivity contribution < 1.29 is 19.1 Å². The van der Waals surface area contributed by atoms with Crippen LogP contribution in [-0.4, -0.2) is 25.1 Å². The zero-order valence-electron chi connectivity index (χ0n) is 18.8. The van der Waals surface area contributed by atoms with E-state index in [0.29, 0.717) is 32.8 Å². The summed E-state index contributed by atoms with van der Waals surface area (Å²) in [7, 11) is 1.49. The summed E-state index contributed by atoms with van der Waals surface area (Å²) in [6.07, 6.45) is 1.35. The highest BCUT2D eigenvalue weighted by molar-refractivity contribution is 6.39. The van der Waals surface area contributed by atoms with Crippen LogP contribution in [-0.2, 0) is 16.2 Å². The van der Waals surface area contributed by atoms with Gasteiger partial charge in [0.25, 0.3) is 0 Å². The predicted molar refractivity (Wildman–Crippen MR) is 134 cm³/mol. The van der Waals surface area contributed by atoms with E-state index in [0.717, 1.165) is 16.7 Å². The average Bonchev–Trinajstić information content (AvgIpc) is 2.82. The monoisotopic (exact) mass is 499 g/mol. The first-order chi connectivity index (χ1) is 16.3. The number of benzene rings is 3. The van der Waals surface area contributed by atoms with E-state index in [1.54, 1.807) is 36.4 Å². The molecule has 0 aliphatic heterocycles. The summed E-state index contributed by atoms with van der Waals surface area (Å²) in [6.45, 7) is 4.05. The summed E-state index contributed by atoms with van der Waals surface area (Å²) >= 11 is 12.3. The summed E-state index contributed by atoms with van der Waals surface area (Å²) in [6, 6.07) is 15.9. The lowest BCUT2D eigenvalue weighted by Gasteiger charge is -2.13. The summed E-state index contributed by atoms with van der Waals surface area (Å²) < 4.78 is 11.2. The number of ether oxygens (including phenoxy) is 2. The molecule has 0 spiro atoms. The molecule has 2 N–H and O–H groups in total. The molecule has 0 aliphatic rings. The second-order valence-corrected chi connectivity index (χ2v) is 8.19. The molecule has 9 heteroatoms. The van der Waals surface area contributed by atoms with Crippen LogP contribution >= 0.6 is 23.2 Å². The Morgan fingerprint density at radius 3 is 2.47 bits per heavy atom. The minimum atomic E-state index is -0.905. The minimum absolute atomic E-state index is 0.270. The van der Waals surface area contributed by atoms with Gasteiger partial charge in [0.15, 0.2) is 11.5 Å². The Hall–Kier alpha value is -3.55. The number of hydrazone groups is 1. The zero-order valence-corrected chi connectivity index (χ0v) is 20.3. The topological polar surface area (TPSA) is 89.0 Å². The van der Waals surface area contributed by atoms with Gasteiger partial charge in [-0.3, -0.25) is 9.59 Å². The molecule has 2 amide bonds. The molecule has 3 aromatic carbocycles. The van der Waals surface area contributed by atoms with Gasteiger partial charge < -0.3 is 14.8 Å². The number of anilines is 1. The molecular weight excluding hydrogens is 477 g/mol. The molecule has 0 bridgehead atoms. The molecular formula is C25H23Cl2N3O4. The second kappa shape index (κ2) is 11.5. The number of hydrogen-bond acceptors (Lipinski definition) is 5. The molecule has 7 nitrogen and oxygen atoms in total. The second-order valence-electron chi connectivity index (χ2n) is 7.35. The number of aryl methyl sites for hydroxylation is 1. The van der Waals surface area contributed by atoms with Crippen LogP contribution in [0.3, 0.4) is 0 Å². The maximum atomic E-state index is 12.2. The molecule has 176 valence electrons. The van der Waals surface area contributed by atoms with E-state index in [1.165, 1.54) is 13.3 Å². The Kier molecular flexibility index (Phi) is 8.51. The Morgan fingerprint density at radius 1 is 1.03 bits per heavy atom. The Bertz CT molecular complexity index is 1230. The summed E-state index contributed by atoms with van der Waals surface area (Å²) in [5.41, 5.74) is 6.10. The number of methoxy groups -OCH3 is 1. The molecule has 0 heterocycles. The zero-order chi connectivity index (χ0) is 24.7. The lowest BCUT2D eigenvalue weighted by Crippen LogP contribution is -2.32. The third kappa shape index (κ3) is 6.50. The number of nitrogens with zero attached hydrogens (tertiary/aromatic N) is 1. The molecule has 0 fully saturated rings. The van der Waals surface area contributed by atoms with Crippen LogP contribution in [0.2, 0.25) is 10.0 Å². The number of nitrogens with one attached hydrogen (secondary N) is 2. The van der Waals surface area contributed by atoms with Crippen molar-refractivity contribution >= 4 is 46.9 Å². The summed E-state index contributed by atoms with van der Waals surface area (Å²) in [4.78, 5) is 24.3. The van der Waals surface area contributed by atoms with E-state index in [2.05, 4.69) is 15.8 Å². The van der Waals surface area contributed by atoms with Crippen LogP contribution in [0.25, 0.3) is 0 Å². The number of halogens is 2. The fraction of sp³-hybridized carbons (Fsp3) is 0.160. The van der Waals surface area contributed by atoms with Crippen molar-refractivity contribution in [3.8, 4) is 11.5 Å². The first-order valence-electron chi connectivity index (χ1n) is 10.2. The number of hydrogen-bond donors (Lipinski definition) is 2. The van der Waals surface area contributed by atoms with Crippen molar-refractivity contribution in [2.45, 2.75) is 20.5 Å². The van der Waals surface area contributed by atoms with Gasteiger partial charge in [0.2, 0.25) is 0 Å². The van der Waals surface area contributed by atoms with Crippen LogP contribution in [0.5, 0.6) is 11.5 Å². The molecule has 0 saturated carbocycles. The van der Waals surface area contributed by atoms with E-state index in [1.807, 2.05) is 32.0 Å². The lowest BCUT2D eigenvalue weighted by molar-refractivity contribution is -0.136. The van der Waals surface area contributed by atoms with Gasteiger partial charge in [-0.2, -0.15) is 5.10 Å². The predicted octanol–water partition coefficient (Wildman–Crippen LogP) is 5.29. The third-order valence-electron chi connectivity index (χ3n) is 4.99. The maximum Gasteiger partial charge on any atom is 0.329 e. The largest absolute Gasteiger partial charge is 0.493 e. The minimum Gasteiger partial charge on any atom is -0.493 e. The highest BCUT2D eigenvalue weighted by Gasteiger charge is 2.15. The average molecular weight is 500 g/mol. The fourth-order valence-electron chi connectivity index (χ4n) is 2.97. The van der Waals surface area contributed by atoms with Gasteiger partial charge in [-0.15, -0.1) is 0 Å². The Labute approximate surface area is 207 Å². The molecule has 0 atom stereocenters. The highest BCUT2D eigenvalue weighted by Crippen LogP contribution is 2.36. The summed E-state index contributed by atoms with van der Waals surface area (Å²) in [5.74, 6) is -0.972. The fourth-order valence-corrected chi connectivity index (χ4v) is 3.37. The Balaban J connectivity index is 1.63. The van der Waals surface area contributed by atoms with Crippen molar-refractivity contribution in [1.29, 1.82) is 0 Å². The van der Waals surface area contributed by atoms with Gasteiger partial charge in [-0.1, -0.05) is 47.5 Å². The molecule has 0 saturated heterocycles. The molecule has 3 aromatic rings. The first kappa shape index (κ1) is 25.1. The van der Waals surface area contributed by atoms with Crippen molar-refractivity contribution in [3.05, 3.63) is 86.9 Å². The number of amides is 2. The van der Waals surface area contributed by atoms with Crippen molar-refractivity contribution in [3.63, 3.8) is 0 Å². The van der Waals surface area contributed by atoms with Gasteiger partial charge in [0.1, 0.15) is 6.61 Å². The van der Waals surface area contributed by atoms with E-state index in [4.69, 9.17) is 32.7 Å².